The van der Waals surface area contributed by atoms with Crippen molar-refractivity contribution in [3.8, 4) is 10.6 Å². The molecule has 1 fully saturated rings. The van der Waals surface area contributed by atoms with Crippen LogP contribution in [-0.2, 0) is 6.18 Å². The number of thiophene rings is 1. The van der Waals surface area contributed by atoms with E-state index in [4.69, 9.17) is 0 Å². The molecule has 1 saturated heterocycles. The lowest BCUT2D eigenvalue weighted by molar-refractivity contribution is -0.156. The van der Waals surface area contributed by atoms with Crippen LogP contribution in [0.3, 0.4) is 0 Å². The number of alkyl halides is 6. The Kier molecular flexibility index (Phi) is 7.02. The Morgan fingerprint density at radius 3 is 2.61 bits per heavy atom. The van der Waals surface area contributed by atoms with Crippen LogP contribution >= 0.6 is 11.3 Å². The summed E-state index contributed by atoms with van der Waals surface area (Å²) in [6.45, 7) is 2.29. The molecule has 172 valence electrons. The van der Waals surface area contributed by atoms with Gasteiger partial charge in [0.15, 0.2) is 0 Å². The van der Waals surface area contributed by atoms with Gasteiger partial charge in [0, 0.05) is 25.1 Å². The third-order valence-electron chi connectivity index (χ3n) is 5.36. The molecule has 0 spiro atoms. The predicted molar refractivity (Wildman–Crippen MR) is 103 cm³/mol. The molecule has 2 aromatic heterocycles. The summed E-state index contributed by atoms with van der Waals surface area (Å²) >= 11 is 1.05. The molecule has 1 aliphatic heterocycles. The van der Waals surface area contributed by atoms with Gasteiger partial charge in [-0.3, -0.25) is 4.79 Å². The number of aromatic nitrogens is 1. The number of nitrogens with zero attached hydrogens (tertiary/aromatic N) is 2. The molecule has 1 aliphatic rings. The quantitative estimate of drug-likeness (QED) is 0.350. The van der Waals surface area contributed by atoms with E-state index in [0.29, 0.717) is 35.7 Å². The molecule has 0 aliphatic carbocycles. The van der Waals surface area contributed by atoms with E-state index in [2.05, 4.69) is 9.68 Å². The number of hydrogen-bond donors (Lipinski definition) is 0. The van der Waals surface area contributed by atoms with Gasteiger partial charge in [0.05, 0.1) is 9.75 Å². The van der Waals surface area contributed by atoms with Gasteiger partial charge < -0.3 is 9.42 Å². The SMILES string of the molecule is Cc1c(-c2ccc(C(=O)N3CCCC(CCCCC(F)(F)F)C3)s2)noc1C(F)(F)F. The van der Waals surface area contributed by atoms with E-state index in [-0.39, 0.29) is 29.5 Å². The summed E-state index contributed by atoms with van der Waals surface area (Å²) in [5, 5.41) is 3.52. The Bertz CT molecular complexity index is 902. The topological polar surface area (TPSA) is 46.3 Å². The fourth-order valence-electron chi connectivity index (χ4n) is 3.81. The van der Waals surface area contributed by atoms with E-state index < -0.39 is 24.5 Å². The smallest absolute Gasteiger partial charge is 0.351 e. The fourth-order valence-corrected chi connectivity index (χ4v) is 4.82. The Balaban J connectivity index is 1.61. The molecule has 0 bridgehead atoms. The van der Waals surface area contributed by atoms with E-state index in [9.17, 15) is 31.1 Å². The number of carbonyl (C=O) groups excluding carboxylic acids is 1. The highest BCUT2D eigenvalue weighted by Crippen LogP contribution is 2.38. The molecule has 3 heterocycles. The zero-order chi connectivity index (χ0) is 22.8. The summed E-state index contributed by atoms with van der Waals surface area (Å²) in [6, 6.07) is 3.10. The molecule has 11 heteroatoms. The number of rotatable bonds is 6. The van der Waals surface area contributed by atoms with Crippen LogP contribution in [0, 0.1) is 12.8 Å². The molecular weight excluding hydrogens is 446 g/mol. The minimum Gasteiger partial charge on any atom is -0.351 e. The first-order valence-corrected chi connectivity index (χ1v) is 10.8. The second-order valence-electron chi connectivity index (χ2n) is 7.77. The monoisotopic (exact) mass is 468 g/mol. The van der Waals surface area contributed by atoms with Crippen molar-refractivity contribution in [2.24, 2.45) is 5.92 Å². The Morgan fingerprint density at radius 2 is 1.97 bits per heavy atom. The molecule has 1 atom stereocenters. The molecule has 31 heavy (non-hydrogen) atoms. The van der Waals surface area contributed by atoms with E-state index in [1.165, 1.54) is 6.92 Å². The minimum absolute atomic E-state index is 0.0533. The fraction of sp³-hybridized carbons (Fsp3) is 0.600. The van der Waals surface area contributed by atoms with Crippen LogP contribution < -0.4 is 0 Å². The third kappa shape index (κ3) is 6.02. The van der Waals surface area contributed by atoms with Gasteiger partial charge >= 0.3 is 12.4 Å². The molecule has 3 rings (SSSR count). The normalized spacial score (nSPS) is 17.9. The average Bonchev–Trinajstić information content (AvgIpc) is 3.30. The maximum Gasteiger partial charge on any atom is 0.452 e. The predicted octanol–water partition coefficient (Wildman–Crippen LogP) is 6.71. The number of carbonyl (C=O) groups is 1. The van der Waals surface area contributed by atoms with Crippen molar-refractivity contribution in [2.75, 3.05) is 13.1 Å². The van der Waals surface area contributed by atoms with Crippen molar-refractivity contribution in [3.63, 3.8) is 0 Å². The number of amides is 1. The number of halogens is 6. The lowest BCUT2D eigenvalue weighted by Crippen LogP contribution is -2.39. The number of likely N-dealkylation sites (tertiary alicyclic amines) is 1. The Hall–Kier alpha value is -2.04. The lowest BCUT2D eigenvalue weighted by atomic mass is 9.92. The highest BCUT2D eigenvalue weighted by Gasteiger charge is 2.39. The number of unbranched alkanes of at least 4 members (excludes halogenated alkanes) is 1. The second kappa shape index (κ2) is 9.22. The van der Waals surface area contributed by atoms with Gasteiger partial charge in [-0.25, -0.2) is 0 Å². The first-order valence-electron chi connectivity index (χ1n) is 9.95. The lowest BCUT2D eigenvalue weighted by Gasteiger charge is -2.32. The zero-order valence-corrected chi connectivity index (χ0v) is 17.6. The number of hydrogen-bond acceptors (Lipinski definition) is 4. The van der Waals surface area contributed by atoms with Gasteiger partial charge in [0.2, 0.25) is 5.76 Å². The van der Waals surface area contributed by atoms with Gasteiger partial charge in [-0.1, -0.05) is 11.6 Å². The largest absolute Gasteiger partial charge is 0.452 e. The zero-order valence-electron chi connectivity index (χ0n) is 16.8. The summed E-state index contributed by atoms with van der Waals surface area (Å²) in [5.74, 6) is -1.24. The molecule has 0 aromatic carbocycles. The minimum atomic E-state index is -4.64. The van der Waals surface area contributed by atoms with E-state index >= 15 is 0 Å². The van der Waals surface area contributed by atoms with Crippen molar-refractivity contribution >= 4 is 17.2 Å². The summed E-state index contributed by atoms with van der Waals surface area (Å²) in [7, 11) is 0. The Labute approximate surface area is 179 Å². The summed E-state index contributed by atoms with van der Waals surface area (Å²) in [5.41, 5.74) is -0.0807. The van der Waals surface area contributed by atoms with Crippen LogP contribution in [0.5, 0.6) is 0 Å². The van der Waals surface area contributed by atoms with Crippen LogP contribution in [0.25, 0.3) is 10.6 Å². The molecule has 4 nitrogen and oxygen atoms in total. The number of piperidine rings is 1. The Morgan fingerprint density at radius 1 is 1.23 bits per heavy atom. The standard InChI is InChI=1S/C20H22F6N2O2S/c1-12-16(27-30-17(12)20(24,25)26)14-7-8-15(31-14)18(29)28-10-4-6-13(11-28)5-2-3-9-19(21,22)23/h7-8,13H,2-6,9-11H2,1H3. The third-order valence-corrected chi connectivity index (χ3v) is 6.44. The maximum atomic E-state index is 12.9. The van der Waals surface area contributed by atoms with Gasteiger partial charge in [-0.15, -0.1) is 11.3 Å². The molecule has 0 N–H and O–H groups in total. The summed E-state index contributed by atoms with van der Waals surface area (Å²) in [4.78, 5) is 15.3. The van der Waals surface area contributed by atoms with Gasteiger partial charge in [0.1, 0.15) is 5.69 Å². The first-order chi connectivity index (χ1) is 14.5. The van der Waals surface area contributed by atoms with Gasteiger partial charge in [-0.2, -0.15) is 26.3 Å². The van der Waals surface area contributed by atoms with Crippen LogP contribution in [-0.4, -0.2) is 35.2 Å². The maximum absolute atomic E-state index is 12.9. The highest BCUT2D eigenvalue weighted by molar-refractivity contribution is 7.17. The molecule has 1 amide bonds. The highest BCUT2D eigenvalue weighted by atomic mass is 32.1. The second-order valence-corrected chi connectivity index (χ2v) is 8.85. The van der Waals surface area contributed by atoms with Gasteiger partial charge in [-0.05, 0) is 50.7 Å². The van der Waals surface area contributed by atoms with Crippen molar-refractivity contribution in [3.05, 3.63) is 28.3 Å². The molecule has 2 aromatic rings. The summed E-state index contributed by atoms with van der Waals surface area (Å²) < 4.78 is 80.0. The first kappa shape index (κ1) is 23.6. The average molecular weight is 468 g/mol. The van der Waals surface area contributed by atoms with Crippen LogP contribution in [0.15, 0.2) is 16.7 Å². The van der Waals surface area contributed by atoms with Crippen molar-refractivity contribution < 1.29 is 35.7 Å². The van der Waals surface area contributed by atoms with Crippen LogP contribution in [0.1, 0.15) is 59.5 Å². The van der Waals surface area contributed by atoms with Gasteiger partial charge in [0.25, 0.3) is 5.91 Å². The van der Waals surface area contributed by atoms with E-state index in [0.717, 1.165) is 24.2 Å². The van der Waals surface area contributed by atoms with Crippen molar-refractivity contribution in [1.29, 1.82) is 0 Å². The molecular formula is C20H22F6N2O2S. The molecule has 1 unspecified atom stereocenters. The van der Waals surface area contributed by atoms with Crippen molar-refractivity contribution in [2.45, 2.75) is 57.8 Å². The van der Waals surface area contributed by atoms with E-state index in [1.54, 1.807) is 17.0 Å². The summed E-state index contributed by atoms with van der Waals surface area (Å²) in [6.07, 6.45) is -6.77. The van der Waals surface area contributed by atoms with Crippen molar-refractivity contribution in [1.82, 2.24) is 10.1 Å². The molecule has 0 saturated carbocycles. The van der Waals surface area contributed by atoms with E-state index in [1.807, 2.05) is 0 Å². The molecule has 0 radical (unpaired) electrons. The van der Waals surface area contributed by atoms with Crippen LogP contribution in [0.4, 0.5) is 26.3 Å². The van der Waals surface area contributed by atoms with Crippen LogP contribution in [0.2, 0.25) is 0 Å².